The van der Waals surface area contributed by atoms with E-state index in [1.54, 1.807) is 18.2 Å². The number of benzene rings is 1. The topological polar surface area (TPSA) is 96.2 Å². The zero-order chi connectivity index (χ0) is 22.5. The van der Waals surface area contributed by atoms with Crippen LogP contribution >= 0.6 is 0 Å². The van der Waals surface area contributed by atoms with Crippen molar-refractivity contribution < 1.29 is 13.9 Å². The average Bonchev–Trinajstić information content (AvgIpc) is 2.95. The third-order valence-corrected chi connectivity index (χ3v) is 4.24. The summed E-state index contributed by atoms with van der Waals surface area (Å²) in [5, 5.41) is 1.38. The number of imidazole rings is 1. The van der Waals surface area contributed by atoms with Gasteiger partial charge in [0, 0.05) is 18.5 Å². The van der Waals surface area contributed by atoms with Crippen LogP contribution in [-0.4, -0.2) is 22.1 Å². The maximum atomic E-state index is 12.6. The number of carbonyl (C=O) groups excluding carboxylic acids is 1. The summed E-state index contributed by atoms with van der Waals surface area (Å²) in [5.41, 5.74) is 11.6. The molecule has 0 spiro atoms. The highest BCUT2D eigenvalue weighted by molar-refractivity contribution is 5.73. The van der Waals surface area contributed by atoms with Crippen molar-refractivity contribution in [2.45, 2.75) is 39.2 Å². The maximum absolute atomic E-state index is 12.6. The van der Waals surface area contributed by atoms with Crippen molar-refractivity contribution in [1.82, 2.24) is 9.55 Å². The quantitative estimate of drug-likeness (QED) is 0.355. The third kappa shape index (κ3) is 8.34. The molecule has 2 aromatic rings. The Kier molecular flexibility index (Phi) is 10.7. The van der Waals surface area contributed by atoms with E-state index in [2.05, 4.69) is 24.7 Å². The molecule has 0 atom stereocenters. The lowest BCUT2D eigenvalue weighted by molar-refractivity contribution is -0.118. The highest BCUT2D eigenvalue weighted by atomic mass is 19.1. The van der Waals surface area contributed by atoms with Gasteiger partial charge in [0.1, 0.15) is 18.2 Å². The number of nitrogens with zero attached hydrogens (tertiary/aromatic N) is 2. The van der Waals surface area contributed by atoms with E-state index in [1.165, 1.54) is 12.1 Å². The monoisotopic (exact) mass is 414 g/mol. The first-order valence-electron chi connectivity index (χ1n) is 9.74. The predicted molar refractivity (Wildman–Crippen MR) is 121 cm³/mol. The second-order valence-corrected chi connectivity index (χ2v) is 6.55. The highest BCUT2D eigenvalue weighted by Crippen LogP contribution is 2.16. The molecule has 0 bridgehead atoms. The van der Waals surface area contributed by atoms with Crippen molar-refractivity contribution in [3.8, 4) is 0 Å². The van der Waals surface area contributed by atoms with Crippen LogP contribution in [0, 0.1) is 5.82 Å². The molecule has 0 aliphatic carbocycles. The number of aromatic nitrogens is 2. The summed E-state index contributed by atoms with van der Waals surface area (Å²) in [5.74, 6) is 0.697. The number of rotatable bonds is 10. The average molecular weight is 415 g/mol. The van der Waals surface area contributed by atoms with Gasteiger partial charge < -0.3 is 20.8 Å². The second-order valence-electron chi connectivity index (χ2n) is 6.55. The summed E-state index contributed by atoms with van der Waals surface area (Å²) < 4.78 is 19.9. The number of hydrogen-bond donors (Lipinski definition) is 2. The standard InChI is InChI=1S/C12H13FO.C11H18N4O/c1-3-9-14-12(4-2)10-5-7-11(13)8-6-10;1-8-9(2)15(11(13)14-8)7-5-3-4-6-10(12)16/h3-8H,1,9H2,2H3;1-7H2,(H2,12,16)(H2,13,14)/b12-4-;. The molecule has 0 aliphatic rings. The molecule has 0 radical (unpaired) electrons. The van der Waals surface area contributed by atoms with Crippen LogP contribution in [0.4, 0.5) is 10.3 Å². The first-order chi connectivity index (χ1) is 14.3. The molecule has 1 heterocycles. The molecular weight excluding hydrogens is 383 g/mol. The second kappa shape index (κ2) is 13.0. The van der Waals surface area contributed by atoms with Crippen LogP contribution in [0.1, 0.15) is 38.2 Å². The van der Waals surface area contributed by atoms with Gasteiger partial charge in [0.2, 0.25) is 11.9 Å². The molecule has 0 saturated carbocycles. The van der Waals surface area contributed by atoms with Gasteiger partial charge in [-0.3, -0.25) is 4.79 Å². The molecule has 4 N–H and O–H groups in total. The molecule has 0 saturated heterocycles. The Morgan fingerprint density at radius 1 is 1.23 bits per heavy atom. The van der Waals surface area contributed by atoms with Crippen molar-refractivity contribution in [3.63, 3.8) is 0 Å². The lowest BCUT2D eigenvalue weighted by Crippen LogP contribution is -2.27. The van der Waals surface area contributed by atoms with E-state index in [9.17, 15) is 9.18 Å². The molecule has 1 amide bonds. The van der Waals surface area contributed by atoms with Crippen molar-refractivity contribution in [3.05, 3.63) is 65.1 Å². The Balaban J connectivity index is 0.000000303. The zero-order valence-corrected chi connectivity index (χ0v) is 17.6. The van der Waals surface area contributed by atoms with Crippen molar-refractivity contribution in [2.75, 3.05) is 12.3 Å². The number of ether oxygens (including phenoxy) is 1. The van der Waals surface area contributed by atoms with Gasteiger partial charge in [0.25, 0.3) is 0 Å². The van der Waals surface area contributed by atoms with E-state index in [4.69, 9.17) is 16.2 Å². The normalized spacial score (nSPS) is 10.8. The number of anilines is 1. The molecule has 2 rings (SSSR count). The number of hydrogen-bond acceptors (Lipinski definition) is 4. The number of allylic oxidation sites excluding steroid dienone is 1. The van der Waals surface area contributed by atoms with Crippen molar-refractivity contribution in [1.29, 1.82) is 0 Å². The van der Waals surface area contributed by atoms with Crippen LogP contribution in [0.15, 0.2) is 43.0 Å². The molecule has 7 heteroatoms. The molecule has 162 valence electrons. The minimum Gasteiger partial charge on any atom is -0.489 e. The number of nitrogens with two attached hydrogens (primary N) is 2. The SMILES string of the molecule is C=CCO/C(=C\C)c1ccc(F)cc1.C=c1nc(N)n(CCCCCC(N)=O)c1=C. The summed E-state index contributed by atoms with van der Waals surface area (Å²) in [6.07, 6.45) is 6.64. The van der Waals surface area contributed by atoms with Gasteiger partial charge in [-0.05, 0) is 50.1 Å². The molecule has 0 fully saturated rings. The van der Waals surface area contributed by atoms with Gasteiger partial charge in [0.05, 0.1) is 10.7 Å². The summed E-state index contributed by atoms with van der Waals surface area (Å²) in [4.78, 5) is 14.5. The summed E-state index contributed by atoms with van der Waals surface area (Å²) in [7, 11) is 0. The minimum atomic E-state index is -0.250. The molecule has 0 unspecified atom stereocenters. The number of primary amides is 1. The Bertz CT molecular complexity index is 949. The Hall–Kier alpha value is -3.35. The summed E-state index contributed by atoms with van der Waals surface area (Å²) in [6.45, 7) is 14.2. The van der Waals surface area contributed by atoms with Gasteiger partial charge in [-0.15, -0.1) is 0 Å². The number of nitrogen functional groups attached to an aromatic ring is 1. The van der Waals surface area contributed by atoms with Crippen LogP contribution in [0.3, 0.4) is 0 Å². The first kappa shape index (κ1) is 24.7. The first-order valence-corrected chi connectivity index (χ1v) is 9.74. The fourth-order valence-electron chi connectivity index (χ4n) is 2.65. The molecule has 30 heavy (non-hydrogen) atoms. The molecule has 1 aromatic heterocycles. The van der Waals surface area contributed by atoms with Crippen LogP contribution < -0.4 is 22.2 Å². The summed E-state index contributed by atoms with van der Waals surface area (Å²) >= 11 is 0. The number of carbonyl (C=O) groups is 1. The highest BCUT2D eigenvalue weighted by Gasteiger charge is 2.02. The molecule has 0 aliphatic heterocycles. The largest absolute Gasteiger partial charge is 0.489 e. The van der Waals surface area contributed by atoms with E-state index < -0.39 is 0 Å². The third-order valence-electron chi connectivity index (χ3n) is 4.24. The maximum Gasteiger partial charge on any atom is 0.217 e. The Morgan fingerprint density at radius 2 is 1.90 bits per heavy atom. The molecule has 6 nitrogen and oxygen atoms in total. The van der Waals surface area contributed by atoms with E-state index in [-0.39, 0.29) is 11.7 Å². The van der Waals surface area contributed by atoms with Crippen LogP contribution in [0.2, 0.25) is 0 Å². The summed E-state index contributed by atoms with van der Waals surface area (Å²) in [6, 6.07) is 6.20. The van der Waals surface area contributed by atoms with Gasteiger partial charge in [0.15, 0.2) is 0 Å². The van der Waals surface area contributed by atoms with Crippen molar-refractivity contribution >= 4 is 30.8 Å². The fourth-order valence-corrected chi connectivity index (χ4v) is 2.65. The molecule has 1 aromatic carbocycles. The minimum absolute atomic E-state index is 0.243. The van der Waals surface area contributed by atoms with E-state index >= 15 is 0 Å². The predicted octanol–water partition coefficient (Wildman–Crippen LogP) is 2.72. The van der Waals surface area contributed by atoms with Crippen LogP contribution in [0.25, 0.3) is 18.9 Å². The number of unbranched alkanes of at least 4 members (excludes halogenated alkanes) is 2. The van der Waals surface area contributed by atoms with Crippen LogP contribution in [0.5, 0.6) is 0 Å². The molecular formula is C23H31FN4O2. The van der Waals surface area contributed by atoms with E-state index in [1.807, 2.05) is 17.6 Å². The van der Waals surface area contributed by atoms with Crippen LogP contribution in [-0.2, 0) is 16.1 Å². The van der Waals surface area contributed by atoms with E-state index in [0.717, 1.165) is 42.5 Å². The van der Waals surface area contributed by atoms with E-state index in [0.29, 0.717) is 24.3 Å². The van der Waals surface area contributed by atoms with Crippen molar-refractivity contribution in [2.24, 2.45) is 5.73 Å². The van der Waals surface area contributed by atoms with Gasteiger partial charge >= 0.3 is 0 Å². The number of halogens is 1. The lowest BCUT2D eigenvalue weighted by Gasteiger charge is -2.07. The van der Waals surface area contributed by atoms with Gasteiger partial charge in [-0.1, -0.05) is 32.2 Å². The lowest BCUT2D eigenvalue weighted by atomic mass is 10.2. The van der Waals surface area contributed by atoms with Gasteiger partial charge in [-0.2, -0.15) is 0 Å². The van der Waals surface area contributed by atoms with Gasteiger partial charge in [-0.25, -0.2) is 9.37 Å². The Morgan fingerprint density at radius 3 is 2.40 bits per heavy atom. The smallest absolute Gasteiger partial charge is 0.217 e. The zero-order valence-electron chi connectivity index (χ0n) is 17.6. The number of amides is 1. The fraction of sp³-hybridized carbons (Fsp3) is 0.304. The Labute approximate surface area is 177 Å².